The van der Waals surface area contributed by atoms with Crippen LogP contribution in [0.15, 0.2) is 182 Å². The molecule has 0 aliphatic rings. The van der Waals surface area contributed by atoms with Crippen LogP contribution < -0.4 is 0 Å². The Labute approximate surface area is 493 Å². The van der Waals surface area contributed by atoms with Crippen LogP contribution in [-0.4, -0.2) is 21.8 Å². The van der Waals surface area contributed by atoms with Crippen LogP contribution in [0.4, 0.5) is 0 Å². The van der Waals surface area contributed by atoms with Gasteiger partial charge >= 0.3 is 0 Å². The van der Waals surface area contributed by atoms with Gasteiger partial charge in [-0.1, -0.05) is 157 Å². The van der Waals surface area contributed by atoms with Crippen molar-refractivity contribution in [1.82, 2.24) is 13.7 Å². The lowest BCUT2D eigenvalue weighted by Gasteiger charge is -2.19. The molecule has 3 nitrogen and oxygen atoms in total. The Balaban J connectivity index is 0.897. The second-order valence-corrected chi connectivity index (χ2v) is 32.8. The standard InChI is InChI=1S/C79H75N3Si/c1-76(2,3)57-28-40-72-66(48-57)67-49-58(77(4,5)6)29-41-73(67)81(72)61-32-20-52(21-33-61)16-18-55-26-38-70-64(46-55)65-47-56(27-39-71(65)80(70)63-36-24-54(25-37-63)44-45-83(13,14)15)19-17-53-22-34-62(35-23-53)82-74-42-30-59(78(7,8)9)50-68(74)69-51-60(79(10,11)12)31-43-75(69)82/h20-43,46-51H,1-15H3. The third kappa shape index (κ3) is 10.6. The normalized spacial score (nSPS) is 12.5. The zero-order valence-corrected chi connectivity index (χ0v) is 52.2. The summed E-state index contributed by atoms with van der Waals surface area (Å²) in [4.78, 5) is 0. The third-order valence-corrected chi connectivity index (χ3v) is 17.3. The first-order valence-corrected chi connectivity index (χ1v) is 32.9. The maximum Gasteiger partial charge on any atom is 0.129 e. The Bertz CT molecular complexity index is 4360. The van der Waals surface area contributed by atoms with Crippen molar-refractivity contribution < 1.29 is 0 Å². The molecule has 4 heteroatoms. The minimum atomic E-state index is -1.53. The van der Waals surface area contributed by atoms with E-state index in [1.807, 2.05) is 0 Å². The van der Waals surface area contributed by atoms with Gasteiger partial charge in [0.1, 0.15) is 8.07 Å². The van der Waals surface area contributed by atoms with Gasteiger partial charge in [0, 0.05) is 77.2 Å². The van der Waals surface area contributed by atoms with E-state index in [0.29, 0.717) is 0 Å². The minimum absolute atomic E-state index is 0.0423. The minimum Gasteiger partial charge on any atom is -0.309 e. The average molecular weight is 1090 g/mol. The molecule has 0 N–H and O–H groups in total. The van der Waals surface area contributed by atoms with Crippen LogP contribution >= 0.6 is 0 Å². The number of rotatable bonds is 3. The molecule has 0 saturated heterocycles. The Morgan fingerprint density at radius 2 is 0.470 bits per heavy atom. The van der Waals surface area contributed by atoms with E-state index in [1.165, 1.54) is 65.9 Å². The molecule has 83 heavy (non-hydrogen) atoms. The van der Waals surface area contributed by atoms with E-state index in [9.17, 15) is 0 Å². The predicted molar refractivity (Wildman–Crippen MR) is 359 cm³/mol. The van der Waals surface area contributed by atoms with Crippen molar-refractivity contribution >= 4 is 73.5 Å². The quantitative estimate of drug-likeness (QED) is 0.124. The molecule has 0 aliphatic carbocycles. The molecule has 0 radical (unpaired) electrons. The Kier molecular flexibility index (Phi) is 13.2. The van der Waals surface area contributed by atoms with E-state index in [-0.39, 0.29) is 21.7 Å². The molecule has 0 unspecified atom stereocenters. The maximum absolute atomic E-state index is 3.56. The van der Waals surface area contributed by atoms with Gasteiger partial charge in [-0.25, -0.2) is 0 Å². The molecule has 0 fully saturated rings. The van der Waals surface area contributed by atoms with Crippen LogP contribution in [0.3, 0.4) is 0 Å². The second-order valence-electron chi connectivity index (χ2n) is 28.0. The molecule has 12 aromatic rings. The van der Waals surface area contributed by atoms with Gasteiger partial charge in [0.2, 0.25) is 0 Å². The van der Waals surface area contributed by atoms with Crippen molar-refractivity contribution in [1.29, 1.82) is 0 Å². The summed E-state index contributed by atoms with van der Waals surface area (Å²) in [5.74, 6) is 17.6. The average Bonchev–Trinajstić information content (AvgIpc) is 2.40. The van der Waals surface area contributed by atoms with Gasteiger partial charge in [0.15, 0.2) is 0 Å². The highest BCUT2D eigenvalue weighted by molar-refractivity contribution is 6.83. The van der Waals surface area contributed by atoms with E-state index >= 15 is 0 Å². The van der Waals surface area contributed by atoms with Crippen LogP contribution in [0.25, 0.3) is 82.5 Å². The van der Waals surface area contributed by atoms with Crippen LogP contribution in [-0.2, 0) is 21.7 Å². The third-order valence-electron chi connectivity index (χ3n) is 16.4. The van der Waals surface area contributed by atoms with E-state index in [2.05, 4.69) is 334 Å². The predicted octanol–water partition coefficient (Wildman–Crippen LogP) is 20.2. The van der Waals surface area contributed by atoms with Crippen LogP contribution in [0.5, 0.6) is 0 Å². The fourth-order valence-electron chi connectivity index (χ4n) is 11.6. The molecule has 0 bridgehead atoms. The van der Waals surface area contributed by atoms with Gasteiger partial charge in [0.05, 0.1) is 33.1 Å². The molecule has 410 valence electrons. The van der Waals surface area contributed by atoms with E-state index in [0.717, 1.165) is 66.7 Å². The highest BCUT2D eigenvalue weighted by atomic mass is 28.3. The molecule has 0 atom stereocenters. The van der Waals surface area contributed by atoms with Gasteiger partial charge in [0.25, 0.3) is 0 Å². The zero-order chi connectivity index (χ0) is 58.5. The lowest BCUT2D eigenvalue weighted by molar-refractivity contribution is 0.590. The van der Waals surface area contributed by atoms with E-state index in [4.69, 9.17) is 0 Å². The molecule has 0 saturated carbocycles. The molecular formula is C79H75N3Si. The topological polar surface area (TPSA) is 14.8 Å². The van der Waals surface area contributed by atoms with E-state index in [1.54, 1.807) is 0 Å². The zero-order valence-electron chi connectivity index (χ0n) is 51.2. The Hall–Kier alpha value is -8.72. The lowest BCUT2D eigenvalue weighted by atomic mass is 9.85. The van der Waals surface area contributed by atoms with Gasteiger partial charge in [-0.15, -0.1) is 5.54 Å². The molecular weight excluding hydrogens is 1020 g/mol. The Morgan fingerprint density at radius 3 is 0.723 bits per heavy atom. The van der Waals surface area contributed by atoms with Crippen LogP contribution in [0, 0.1) is 35.1 Å². The van der Waals surface area contributed by atoms with Gasteiger partial charge < -0.3 is 13.7 Å². The molecule has 3 heterocycles. The SMILES string of the molecule is CC(C)(C)c1ccc2c(c1)c1cc(C(C)(C)C)ccc1n2-c1ccc(C#Cc2ccc3c(c2)c2cc(C#Cc4ccc(-n5c6ccc(C(C)(C)C)cc6c6cc(C(C)(C)C)ccc65)cc4)ccc2n3-c2ccc(C#C[Si](C)(C)C)cc2)cc1. The summed E-state index contributed by atoms with van der Waals surface area (Å²) in [6.07, 6.45) is 0. The smallest absolute Gasteiger partial charge is 0.129 e. The van der Waals surface area contributed by atoms with Crippen LogP contribution in [0.1, 0.15) is 133 Å². The first kappa shape index (κ1) is 54.8. The molecule has 0 aliphatic heterocycles. The van der Waals surface area contributed by atoms with Crippen molar-refractivity contribution in [3.05, 3.63) is 232 Å². The van der Waals surface area contributed by atoms with Crippen molar-refractivity contribution in [2.75, 3.05) is 0 Å². The number of hydrogen-bond acceptors (Lipinski definition) is 0. The maximum atomic E-state index is 3.56. The van der Waals surface area contributed by atoms with E-state index < -0.39 is 8.07 Å². The number of benzene rings is 9. The lowest BCUT2D eigenvalue weighted by Crippen LogP contribution is -2.16. The fraction of sp³-hybridized carbons (Fsp3) is 0.241. The van der Waals surface area contributed by atoms with Gasteiger partial charge in [-0.2, -0.15) is 0 Å². The molecule has 12 rings (SSSR count). The monoisotopic (exact) mass is 1090 g/mol. The molecule has 0 amide bonds. The highest BCUT2D eigenvalue weighted by Crippen LogP contribution is 2.40. The number of hydrogen-bond donors (Lipinski definition) is 0. The first-order chi connectivity index (χ1) is 39.2. The number of nitrogens with zero attached hydrogens (tertiary/aromatic N) is 3. The molecule has 0 spiro atoms. The van der Waals surface area contributed by atoms with Crippen molar-refractivity contribution in [2.45, 2.75) is 124 Å². The van der Waals surface area contributed by atoms with Gasteiger partial charge in [-0.3, -0.25) is 0 Å². The number of fused-ring (bicyclic) bond motifs is 9. The van der Waals surface area contributed by atoms with Crippen molar-refractivity contribution in [3.8, 4) is 52.2 Å². The summed E-state index contributed by atoms with van der Waals surface area (Å²) in [6.45, 7) is 34.3. The number of aromatic nitrogens is 3. The summed E-state index contributed by atoms with van der Waals surface area (Å²) >= 11 is 0. The second kappa shape index (κ2) is 20.0. The van der Waals surface area contributed by atoms with Crippen LogP contribution in [0.2, 0.25) is 19.6 Å². The van der Waals surface area contributed by atoms with Crippen molar-refractivity contribution in [3.63, 3.8) is 0 Å². The highest BCUT2D eigenvalue weighted by Gasteiger charge is 2.24. The Morgan fingerprint density at radius 1 is 0.253 bits per heavy atom. The molecule has 3 aromatic heterocycles. The summed E-state index contributed by atoms with van der Waals surface area (Å²) in [6, 6.07) is 67.4. The molecule has 9 aromatic carbocycles. The largest absolute Gasteiger partial charge is 0.309 e. The summed E-state index contributed by atoms with van der Waals surface area (Å²) in [7, 11) is -1.53. The van der Waals surface area contributed by atoms with Gasteiger partial charge in [-0.05, 0) is 202 Å². The summed E-state index contributed by atoms with van der Waals surface area (Å²) in [5, 5.41) is 7.40. The fourth-order valence-corrected chi connectivity index (χ4v) is 12.1. The summed E-state index contributed by atoms with van der Waals surface area (Å²) in [5.41, 5.74) is 24.3. The summed E-state index contributed by atoms with van der Waals surface area (Å²) < 4.78 is 7.17. The van der Waals surface area contributed by atoms with Crippen molar-refractivity contribution in [2.24, 2.45) is 0 Å². The first-order valence-electron chi connectivity index (χ1n) is 29.4.